The van der Waals surface area contributed by atoms with Crippen LogP contribution in [0.2, 0.25) is 0 Å². The zero-order valence-electron chi connectivity index (χ0n) is 11.1. The quantitative estimate of drug-likeness (QED) is 0.641. The van der Waals surface area contributed by atoms with Gasteiger partial charge in [0.2, 0.25) is 0 Å². The molecule has 3 rings (SSSR count). The van der Waals surface area contributed by atoms with Crippen LogP contribution < -0.4 is 0 Å². The molecule has 3 N–H and O–H groups in total. The van der Waals surface area contributed by atoms with Crippen LogP contribution in [-0.4, -0.2) is 21.2 Å². The van der Waals surface area contributed by atoms with Crippen molar-refractivity contribution < 1.29 is 15.0 Å². The summed E-state index contributed by atoms with van der Waals surface area (Å²) in [5, 5.41) is 19.2. The lowest BCUT2D eigenvalue weighted by Gasteiger charge is -1.97. The van der Waals surface area contributed by atoms with Gasteiger partial charge in [0.25, 0.3) is 0 Å². The zero-order chi connectivity index (χ0) is 14.8. The Hall–Kier alpha value is -3.01. The Morgan fingerprint density at radius 3 is 2.71 bits per heavy atom. The third-order valence-electron chi connectivity index (χ3n) is 3.22. The predicted molar refractivity (Wildman–Crippen MR) is 82.1 cm³/mol. The number of carboxylic acids is 1. The van der Waals surface area contributed by atoms with Crippen LogP contribution in [0.3, 0.4) is 0 Å². The number of aliphatic carboxylic acids is 1. The van der Waals surface area contributed by atoms with E-state index in [1.54, 1.807) is 24.3 Å². The van der Waals surface area contributed by atoms with E-state index in [9.17, 15) is 9.90 Å². The SMILES string of the molecule is O=C(O)/C=C/c1ccc2[nH]c(-c3cccc(O)c3)cc2c1. The monoisotopic (exact) mass is 279 g/mol. The van der Waals surface area contributed by atoms with E-state index in [2.05, 4.69) is 4.98 Å². The normalized spacial score (nSPS) is 11.2. The summed E-state index contributed by atoms with van der Waals surface area (Å²) >= 11 is 0. The summed E-state index contributed by atoms with van der Waals surface area (Å²) in [6.07, 6.45) is 2.67. The molecule has 3 aromatic rings. The van der Waals surface area contributed by atoms with Gasteiger partial charge in [-0.2, -0.15) is 0 Å². The van der Waals surface area contributed by atoms with Crippen LogP contribution in [0, 0.1) is 0 Å². The van der Waals surface area contributed by atoms with E-state index in [-0.39, 0.29) is 5.75 Å². The molecule has 0 spiro atoms. The summed E-state index contributed by atoms with van der Waals surface area (Å²) in [6.45, 7) is 0. The Bertz CT molecular complexity index is 846. The number of benzene rings is 2. The van der Waals surface area contributed by atoms with Crippen molar-refractivity contribution in [2.45, 2.75) is 0 Å². The highest BCUT2D eigenvalue weighted by molar-refractivity contribution is 5.90. The molecule has 0 unspecified atom stereocenters. The second-order valence-electron chi connectivity index (χ2n) is 4.75. The van der Waals surface area contributed by atoms with Crippen molar-refractivity contribution in [3.8, 4) is 17.0 Å². The smallest absolute Gasteiger partial charge is 0.328 e. The number of hydrogen-bond donors (Lipinski definition) is 3. The van der Waals surface area contributed by atoms with Gasteiger partial charge in [-0.3, -0.25) is 0 Å². The second-order valence-corrected chi connectivity index (χ2v) is 4.75. The molecule has 4 heteroatoms. The third kappa shape index (κ3) is 2.79. The zero-order valence-corrected chi connectivity index (χ0v) is 11.1. The van der Waals surface area contributed by atoms with E-state index in [1.807, 2.05) is 30.3 Å². The van der Waals surface area contributed by atoms with Crippen LogP contribution in [0.25, 0.3) is 28.2 Å². The molecule has 0 radical (unpaired) electrons. The molecule has 0 aliphatic carbocycles. The van der Waals surface area contributed by atoms with Gasteiger partial charge in [0.15, 0.2) is 0 Å². The number of aromatic hydroxyl groups is 1. The van der Waals surface area contributed by atoms with Gasteiger partial charge in [0, 0.05) is 28.2 Å². The maximum Gasteiger partial charge on any atom is 0.328 e. The number of H-pyrrole nitrogens is 1. The highest BCUT2D eigenvalue weighted by atomic mass is 16.4. The number of nitrogens with one attached hydrogen (secondary N) is 1. The number of hydrogen-bond acceptors (Lipinski definition) is 2. The van der Waals surface area contributed by atoms with Gasteiger partial charge >= 0.3 is 5.97 Å². The van der Waals surface area contributed by atoms with E-state index in [4.69, 9.17) is 5.11 Å². The van der Waals surface area contributed by atoms with Crippen LogP contribution >= 0.6 is 0 Å². The Labute approximate surface area is 121 Å². The molecular formula is C17H13NO3. The van der Waals surface area contributed by atoms with Crippen molar-refractivity contribution in [1.29, 1.82) is 0 Å². The van der Waals surface area contributed by atoms with E-state index in [1.165, 1.54) is 0 Å². The highest BCUT2D eigenvalue weighted by Gasteiger charge is 2.04. The first-order valence-electron chi connectivity index (χ1n) is 6.45. The fourth-order valence-electron chi connectivity index (χ4n) is 2.25. The molecule has 2 aromatic carbocycles. The first kappa shape index (κ1) is 13.0. The summed E-state index contributed by atoms with van der Waals surface area (Å²) in [5.41, 5.74) is 3.58. The van der Waals surface area contributed by atoms with Crippen LogP contribution in [0.15, 0.2) is 54.6 Å². The van der Waals surface area contributed by atoms with Crippen LogP contribution in [0.4, 0.5) is 0 Å². The molecule has 4 nitrogen and oxygen atoms in total. The number of aromatic nitrogens is 1. The standard InChI is InChI=1S/C17H13NO3/c19-14-3-1-2-12(9-14)16-10-13-8-11(5-7-17(20)21)4-6-15(13)18-16/h1-10,18-19H,(H,20,21)/b7-5+. The molecule has 0 saturated carbocycles. The molecule has 0 aliphatic heterocycles. The van der Waals surface area contributed by atoms with Gasteiger partial charge in [-0.1, -0.05) is 18.2 Å². The van der Waals surface area contributed by atoms with E-state index >= 15 is 0 Å². The van der Waals surface area contributed by atoms with Gasteiger partial charge in [-0.05, 0) is 42.0 Å². The number of fused-ring (bicyclic) bond motifs is 1. The van der Waals surface area contributed by atoms with Gasteiger partial charge in [-0.15, -0.1) is 0 Å². The minimum absolute atomic E-state index is 0.219. The summed E-state index contributed by atoms with van der Waals surface area (Å²) in [7, 11) is 0. The maximum atomic E-state index is 10.5. The minimum atomic E-state index is -0.968. The van der Waals surface area contributed by atoms with E-state index in [0.29, 0.717) is 0 Å². The fourth-order valence-corrected chi connectivity index (χ4v) is 2.25. The van der Waals surface area contributed by atoms with Gasteiger partial charge in [-0.25, -0.2) is 4.79 Å². The van der Waals surface area contributed by atoms with Crippen molar-refractivity contribution in [3.05, 3.63) is 60.2 Å². The third-order valence-corrected chi connectivity index (χ3v) is 3.22. The first-order valence-corrected chi connectivity index (χ1v) is 6.45. The molecule has 0 aliphatic rings. The largest absolute Gasteiger partial charge is 0.508 e. The molecule has 0 amide bonds. The number of aromatic amines is 1. The van der Waals surface area contributed by atoms with Gasteiger partial charge in [0.05, 0.1) is 0 Å². The van der Waals surface area contributed by atoms with Gasteiger partial charge in [0.1, 0.15) is 5.75 Å². The van der Waals surface area contributed by atoms with Crippen LogP contribution in [-0.2, 0) is 4.79 Å². The molecule has 0 bridgehead atoms. The van der Waals surface area contributed by atoms with Crippen LogP contribution in [0.1, 0.15) is 5.56 Å². The number of phenolic OH excluding ortho intramolecular Hbond substituents is 1. The molecule has 0 atom stereocenters. The number of phenols is 1. The Balaban J connectivity index is 2.02. The highest BCUT2D eigenvalue weighted by Crippen LogP contribution is 2.27. The maximum absolute atomic E-state index is 10.5. The Kier molecular flexibility index (Phi) is 3.20. The lowest BCUT2D eigenvalue weighted by Crippen LogP contribution is -1.85. The average molecular weight is 279 g/mol. The topological polar surface area (TPSA) is 73.3 Å². The van der Waals surface area contributed by atoms with Crippen molar-refractivity contribution in [3.63, 3.8) is 0 Å². The van der Waals surface area contributed by atoms with E-state index < -0.39 is 5.97 Å². The summed E-state index contributed by atoms with van der Waals surface area (Å²) in [4.78, 5) is 13.8. The van der Waals surface area contributed by atoms with Crippen molar-refractivity contribution >= 4 is 22.9 Å². The Morgan fingerprint density at radius 2 is 1.95 bits per heavy atom. The molecule has 1 aromatic heterocycles. The number of rotatable bonds is 3. The Morgan fingerprint density at radius 1 is 1.10 bits per heavy atom. The lowest BCUT2D eigenvalue weighted by atomic mass is 10.1. The molecule has 0 saturated heterocycles. The fraction of sp³-hybridized carbons (Fsp3) is 0. The number of carbonyl (C=O) groups is 1. The van der Waals surface area contributed by atoms with Crippen LogP contribution in [0.5, 0.6) is 5.75 Å². The van der Waals surface area contributed by atoms with Crippen molar-refractivity contribution in [2.24, 2.45) is 0 Å². The summed E-state index contributed by atoms with van der Waals surface area (Å²) < 4.78 is 0. The minimum Gasteiger partial charge on any atom is -0.508 e. The van der Waals surface area contributed by atoms with E-state index in [0.717, 1.165) is 33.8 Å². The lowest BCUT2D eigenvalue weighted by molar-refractivity contribution is -0.131. The first-order chi connectivity index (χ1) is 10.1. The molecular weight excluding hydrogens is 266 g/mol. The van der Waals surface area contributed by atoms with Crippen molar-refractivity contribution in [1.82, 2.24) is 4.98 Å². The predicted octanol–water partition coefficient (Wildman–Crippen LogP) is 3.64. The molecule has 0 fully saturated rings. The second kappa shape index (κ2) is 5.17. The summed E-state index contributed by atoms with van der Waals surface area (Å²) in [5.74, 6) is -0.749. The molecule has 21 heavy (non-hydrogen) atoms. The van der Waals surface area contributed by atoms with Gasteiger partial charge < -0.3 is 15.2 Å². The summed E-state index contributed by atoms with van der Waals surface area (Å²) in [6, 6.07) is 14.7. The number of carboxylic acid groups (broad SMARTS) is 1. The molecule has 1 heterocycles. The molecule has 104 valence electrons. The average Bonchev–Trinajstić information content (AvgIpc) is 2.88. The van der Waals surface area contributed by atoms with Crippen molar-refractivity contribution in [2.75, 3.05) is 0 Å².